The Morgan fingerprint density at radius 2 is 2.00 bits per heavy atom. The van der Waals surface area contributed by atoms with Crippen LogP contribution in [0.1, 0.15) is 32.2 Å². The molecule has 0 unspecified atom stereocenters. The number of nitrogens with one attached hydrogen (secondary N) is 2. The third-order valence-electron chi connectivity index (χ3n) is 4.58. The molecular weight excluding hydrogens is 458 g/mol. The summed E-state index contributed by atoms with van der Waals surface area (Å²) in [5, 5.41) is 7.51. The molecule has 172 valence electrons. The molecule has 0 aliphatic carbocycles. The zero-order valence-electron chi connectivity index (χ0n) is 17.9. The van der Waals surface area contributed by atoms with Crippen molar-refractivity contribution in [3.05, 3.63) is 82.9 Å². The minimum Gasteiger partial charge on any atom is -0.469 e. The summed E-state index contributed by atoms with van der Waals surface area (Å²) >= 11 is 1.22. The first-order chi connectivity index (χ1) is 16.4. The summed E-state index contributed by atoms with van der Waals surface area (Å²) in [6.45, 7) is 1.70. The van der Waals surface area contributed by atoms with Crippen LogP contribution in [0.3, 0.4) is 0 Å². The second-order valence-electron chi connectivity index (χ2n) is 7.09. The summed E-state index contributed by atoms with van der Waals surface area (Å²) in [6, 6.07) is 11.2. The quantitative estimate of drug-likeness (QED) is 0.350. The van der Waals surface area contributed by atoms with Crippen LogP contribution < -0.4 is 21.1 Å². The monoisotopic (exact) mass is 477 g/mol. The van der Waals surface area contributed by atoms with E-state index in [4.69, 9.17) is 14.9 Å². The Bertz CT molecular complexity index is 1350. The van der Waals surface area contributed by atoms with Crippen LogP contribution in [-0.4, -0.2) is 27.7 Å². The standard InChI is InChI=1S/C23H19N5O5S/c1-13-18(7-8-32-13)22(31)28-23-27-16(12-34-23)10-19(29)26-15-5-6-20(25-11-15)33-17-4-2-3-14(9-17)21(24)30/h2-9,11-12H,10H2,1H3,(H2,24,30)(H,26,29)(H,27,28,31). The van der Waals surface area contributed by atoms with Crippen LogP contribution in [0, 0.1) is 6.92 Å². The highest BCUT2D eigenvalue weighted by Gasteiger charge is 2.14. The van der Waals surface area contributed by atoms with Crippen LogP contribution in [0.5, 0.6) is 11.6 Å². The number of thiazole rings is 1. The number of carbonyl (C=O) groups excluding carboxylic acids is 3. The summed E-state index contributed by atoms with van der Waals surface area (Å²) < 4.78 is 10.7. The number of pyridine rings is 1. The number of aromatic nitrogens is 2. The summed E-state index contributed by atoms with van der Waals surface area (Å²) in [6.07, 6.45) is 2.91. The Kier molecular flexibility index (Phi) is 6.64. The number of hydrogen-bond acceptors (Lipinski definition) is 8. The first-order valence-electron chi connectivity index (χ1n) is 10.0. The maximum Gasteiger partial charge on any atom is 0.260 e. The average Bonchev–Trinajstić information content (AvgIpc) is 3.43. The van der Waals surface area contributed by atoms with Crippen molar-refractivity contribution in [3.63, 3.8) is 0 Å². The lowest BCUT2D eigenvalue weighted by molar-refractivity contribution is -0.115. The molecule has 0 aliphatic heterocycles. The van der Waals surface area contributed by atoms with Gasteiger partial charge in [0.2, 0.25) is 17.7 Å². The molecule has 0 fully saturated rings. The van der Waals surface area contributed by atoms with E-state index >= 15 is 0 Å². The fourth-order valence-electron chi connectivity index (χ4n) is 2.95. The minimum atomic E-state index is -0.556. The van der Waals surface area contributed by atoms with Gasteiger partial charge in [0.05, 0.1) is 35.8 Å². The maximum absolute atomic E-state index is 12.4. The number of aryl methyl sites for hydroxylation is 1. The Morgan fingerprint density at radius 3 is 2.71 bits per heavy atom. The number of carbonyl (C=O) groups is 3. The summed E-state index contributed by atoms with van der Waals surface area (Å²) in [5.74, 6) is 0.0316. The van der Waals surface area contributed by atoms with E-state index in [1.165, 1.54) is 29.9 Å². The molecule has 3 amide bonds. The molecule has 3 aromatic heterocycles. The van der Waals surface area contributed by atoms with Crippen LogP contribution in [0.25, 0.3) is 0 Å². The Labute approximate surface area is 197 Å². The molecule has 0 aliphatic rings. The zero-order valence-corrected chi connectivity index (χ0v) is 18.7. The molecule has 0 bridgehead atoms. The molecule has 10 nitrogen and oxygen atoms in total. The normalized spacial score (nSPS) is 10.5. The molecule has 4 rings (SSSR count). The summed E-state index contributed by atoms with van der Waals surface area (Å²) in [4.78, 5) is 44.3. The van der Waals surface area contributed by atoms with Crippen molar-refractivity contribution in [2.24, 2.45) is 5.73 Å². The van der Waals surface area contributed by atoms with Gasteiger partial charge in [-0.25, -0.2) is 9.97 Å². The number of amides is 3. The van der Waals surface area contributed by atoms with Crippen molar-refractivity contribution in [2.75, 3.05) is 10.6 Å². The van der Waals surface area contributed by atoms with Gasteiger partial charge in [-0.2, -0.15) is 0 Å². The number of anilines is 2. The predicted molar refractivity (Wildman–Crippen MR) is 125 cm³/mol. The third-order valence-corrected chi connectivity index (χ3v) is 5.38. The van der Waals surface area contributed by atoms with Crippen molar-refractivity contribution in [1.82, 2.24) is 9.97 Å². The van der Waals surface area contributed by atoms with Crippen LogP contribution in [-0.2, 0) is 11.2 Å². The molecule has 0 radical (unpaired) electrons. The van der Waals surface area contributed by atoms with Gasteiger partial charge in [0.15, 0.2) is 5.13 Å². The molecule has 3 heterocycles. The van der Waals surface area contributed by atoms with Crippen LogP contribution in [0.15, 0.2) is 64.7 Å². The lowest BCUT2D eigenvalue weighted by Crippen LogP contribution is -2.15. The number of benzene rings is 1. The number of rotatable bonds is 8. The molecular formula is C23H19N5O5S. The summed E-state index contributed by atoms with van der Waals surface area (Å²) in [5.41, 5.74) is 7.01. The van der Waals surface area contributed by atoms with E-state index < -0.39 is 5.91 Å². The lowest BCUT2D eigenvalue weighted by Gasteiger charge is -2.07. The number of furan rings is 1. The zero-order chi connectivity index (χ0) is 24.1. The first-order valence-corrected chi connectivity index (χ1v) is 10.9. The van der Waals surface area contributed by atoms with E-state index in [1.54, 1.807) is 48.7 Å². The molecule has 0 saturated heterocycles. The van der Waals surface area contributed by atoms with E-state index in [2.05, 4.69) is 20.6 Å². The van der Waals surface area contributed by atoms with Gasteiger partial charge >= 0.3 is 0 Å². The van der Waals surface area contributed by atoms with Crippen molar-refractivity contribution in [2.45, 2.75) is 13.3 Å². The van der Waals surface area contributed by atoms with Crippen molar-refractivity contribution < 1.29 is 23.5 Å². The SMILES string of the molecule is Cc1occc1C(=O)Nc1nc(CC(=O)Nc2ccc(Oc3cccc(C(N)=O)c3)nc2)cs1. The molecule has 0 spiro atoms. The van der Waals surface area contributed by atoms with Gasteiger partial charge in [-0.3, -0.25) is 19.7 Å². The Morgan fingerprint density at radius 1 is 1.15 bits per heavy atom. The second kappa shape index (κ2) is 9.96. The van der Waals surface area contributed by atoms with Crippen LogP contribution >= 0.6 is 11.3 Å². The van der Waals surface area contributed by atoms with Gasteiger partial charge in [-0.15, -0.1) is 11.3 Å². The fourth-order valence-corrected chi connectivity index (χ4v) is 3.65. The highest BCUT2D eigenvalue weighted by molar-refractivity contribution is 7.14. The number of nitrogens with zero attached hydrogens (tertiary/aromatic N) is 2. The second-order valence-corrected chi connectivity index (χ2v) is 7.95. The van der Waals surface area contributed by atoms with E-state index in [0.29, 0.717) is 39.1 Å². The predicted octanol–water partition coefficient (Wildman–Crippen LogP) is 3.76. The summed E-state index contributed by atoms with van der Waals surface area (Å²) in [7, 11) is 0. The molecule has 0 saturated carbocycles. The van der Waals surface area contributed by atoms with Crippen molar-refractivity contribution in [3.8, 4) is 11.6 Å². The smallest absolute Gasteiger partial charge is 0.260 e. The topological polar surface area (TPSA) is 149 Å². The highest BCUT2D eigenvalue weighted by Crippen LogP contribution is 2.22. The molecule has 34 heavy (non-hydrogen) atoms. The average molecular weight is 478 g/mol. The largest absolute Gasteiger partial charge is 0.469 e. The first kappa shape index (κ1) is 22.7. The molecule has 1 aromatic carbocycles. The van der Waals surface area contributed by atoms with Gasteiger partial charge < -0.3 is 20.2 Å². The number of nitrogens with two attached hydrogens (primary N) is 1. The van der Waals surface area contributed by atoms with Crippen molar-refractivity contribution in [1.29, 1.82) is 0 Å². The van der Waals surface area contributed by atoms with Gasteiger partial charge in [-0.05, 0) is 37.3 Å². The lowest BCUT2D eigenvalue weighted by atomic mass is 10.2. The van der Waals surface area contributed by atoms with E-state index in [9.17, 15) is 14.4 Å². The molecule has 4 N–H and O–H groups in total. The fraction of sp³-hybridized carbons (Fsp3) is 0.0870. The van der Waals surface area contributed by atoms with Crippen molar-refractivity contribution >= 4 is 39.9 Å². The molecule has 4 aromatic rings. The van der Waals surface area contributed by atoms with E-state index in [1.807, 2.05) is 0 Å². The highest BCUT2D eigenvalue weighted by atomic mass is 32.1. The number of hydrogen-bond donors (Lipinski definition) is 3. The third kappa shape index (κ3) is 5.64. The van der Waals surface area contributed by atoms with Crippen LogP contribution in [0.2, 0.25) is 0 Å². The molecule has 11 heteroatoms. The van der Waals surface area contributed by atoms with Gasteiger partial charge in [0.1, 0.15) is 11.5 Å². The Hall–Kier alpha value is -4.51. The maximum atomic E-state index is 12.4. The van der Waals surface area contributed by atoms with Gasteiger partial charge in [0.25, 0.3) is 5.91 Å². The van der Waals surface area contributed by atoms with Gasteiger partial charge in [0, 0.05) is 17.0 Å². The number of ether oxygens (including phenoxy) is 1. The van der Waals surface area contributed by atoms with E-state index in [0.717, 1.165) is 0 Å². The molecule has 0 atom stereocenters. The number of primary amides is 1. The Balaban J connectivity index is 1.30. The minimum absolute atomic E-state index is 0.0231. The van der Waals surface area contributed by atoms with Gasteiger partial charge in [-0.1, -0.05) is 6.07 Å². The van der Waals surface area contributed by atoms with Crippen LogP contribution in [0.4, 0.5) is 10.8 Å². The van der Waals surface area contributed by atoms with E-state index in [-0.39, 0.29) is 24.1 Å².